The second-order valence-corrected chi connectivity index (χ2v) is 6.13. The highest BCUT2D eigenvalue weighted by Gasteiger charge is 2.24. The molecule has 3 rings (SSSR count). The molecule has 0 fully saturated rings. The lowest BCUT2D eigenvalue weighted by Crippen LogP contribution is -2.29. The van der Waals surface area contributed by atoms with E-state index in [-0.39, 0.29) is 0 Å². The van der Waals surface area contributed by atoms with Gasteiger partial charge in [-0.15, -0.1) is 0 Å². The first-order valence-electron chi connectivity index (χ1n) is 7.74. The minimum Gasteiger partial charge on any atom is -0.325 e. The molecule has 22 heavy (non-hydrogen) atoms. The lowest BCUT2D eigenvalue weighted by atomic mass is 9.98. The van der Waals surface area contributed by atoms with Gasteiger partial charge in [0.15, 0.2) is 5.82 Å². The van der Waals surface area contributed by atoms with Crippen LogP contribution in [0.25, 0.3) is 0 Å². The van der Waals surface area contributed by atoms with Crippen LogP contribution in [-0.2, 0) is 0 Å². The molecule has 0 saturated carbocycles. The zero-order valence-electron chi connectivity index (χ0n) is 13.7. The second-order valence-electron chi connectivity index (χ2n) is 6.13. The lowest BCUT2D eigenvalue weighted by molar-refractivity contribution is 0.657. The standard InChI is InChI=1S/C18H22N4/c1-12(2)21-17-14(4)19-11-20-18(17)22-8-7-15-9-13(3)5-6-16(22)10-15/h5-6,9-11,15H,7-8H2,1-4H3. The van der Waals surface area contributed by atoms with Gasteiger partial charge in [-0.3, -0.25) is 4.99 Å². The Morgan fingerprint density at radius 2 is 2.00 bits per heavy atom. The zero-order chi connectivity index (χ0) is 15.7. The maximum absolute atomic E-state index is 4.66. The smallest absolute Gasteiger partial charge is 0.162 e. The third-order valence-corrected chi connectivity index (χ3v) is 3.95. The zero-order valence-corrected chi connectivity index (χ0v) is 13.7. The van der Waals surface area contributed by atoms with Crippen LogP contribution in [-0.4, -0.2) is 22.2 Å². The molecule has 0 spiro atoms. The van der Waals surface area contributed by atoms with Crippen LogP contribution < -0.4 is 4.90 Å². The molecule has 0 amide bonds. The summed E-state index contributed by atoms with van der Waals surface area (Å²) in [6.45, 7) is 9.09. The third kappa shape index (κ3) is 2.86. The normalized spacial score (nSPS) is 20.2. The van der Waals surface area contributed by atoms with Crippen molar-refractivity contribution < 1.29 is 0 Å². The summed E-state index contributed by atoms with van der Waals surface area (Å²) in [6.07, 6.45) is 11.7. The van der Waals surface area contributed by atoms with Gasteiger partial charge in [-0.1, -0.05) is 23.8 Å². The molecule has 1 aliphatic carbocycles. The fraction of sp³-hybridized carbons (Fsp3) is 0.389. The van der Waals surface area contributed by atoms with Crippen LogP contribution >= 0.6 is 0 Å². The van der Waals surface area contributed by atoms with Crippen LogP contribution in [0.1, 0.15) is 32.9 Å². The first-order valence-corrected chi connectivity index (χ1v) is 7.74. The first kappa shape index (κ1) is 14.7. The van der Waals surface area contributed by atoms with Crippen molar-refractivity contribution in [1.82, 2.24) is 9.97 Å². The monoisotopic (exact) mass is 294 g/mol. The summed E-state index contributed by atoms with van der Waals surface area (Å²) in [7, 11) is 0. The van der Waals surface area contributed by atoms with Crippen LogP contribution in [0, 0.1) is 12.8 Å². The van der Waals surface area contributed by atoms with Crippen molar-refractivity contribution in [3.8, 4) is 0 Å². The van der Waals surface area contributed by atoms with Crippen molar-refractivity contribution in [3.63, 3.8) is 0 Å². The van der Waals surface area contributed by atoms with Gasteiger partial charge in [0.25, 0.3) is 0 Å². The third-order valence-electron chi connectivity index (χ3n) is 3.95. The van der Waals surface area contributed by atoms with E-state index in [4.69, 9.17) is 0 Å². The number of aliphatic imine (C=N–C) groups is 1. The minimum absolute atomic E-state index is 0.518. The molecule has 4 nitrogen and oxygen atoms in total. The molecule has 2 bridgehead atoms. The molecule has 1 aliphatic heterocycles. The molecule has 114 valence electrons. The summed E-state index contributed by atoms with van der Waals surface area (Å²) < 4.78 is 0. The van der Waals surface area contributed by atoms with E-state index in [1.165, 1.54) is 11.3 Å². The molecule has 1 atom stereocenters. The fourth-order valence-corrected chi connectivity index (χ4v) is 2.92. The first-order chi connectivity index (χ1) is 10.5. The van der Waals surface area contributed by atoms with E-state index in [0.29, 0.717) is 5.92 Å². The van der Waals surface area contributed by atoms with E-state index < -0.39 is 0 Å². The van der Waals surface area contributed by atoms with Gasteiger partial charge in [0.1, 0.15) is 12.0 Å². The highest BCUT2D eigenvalue weighted by molar-refractivity contribution is 5.85. The Labute approximate surface area is 132 Å². The fourth-order valence-electron chi connectivity index (χ4n) is 2.92. The summed E-state index contributed by atoms with van der Waals surface area (Å²) >= 11 is 0. The van der Waals surface area contributed by atoms with Crippen LogP contribution in [0.3, 0.4) is 0 Å². The van der Waals surface area contributed by atoms with Gasteiger partial charge in [0.05, 0.1) is 5.69 Å². The van der Waals surface area contributed by atoms with Crippen molar-refractivity contribution in [2.24, 2.45) is 10.9 Å². The van der Waals surface area contributed by atoms with Crippen molar-refractivity contribution in [2.75, 3.05) is 11.4 Å². The molecule has 2 aliphatic rings. The van der Waals surface area contributed by atoms with Crippen molar-refractivity contribution >= 4 is 17.2 Å². The summed E-state index contributed by atoms with van der Waals surface area (Å²) in [5.74, 6) is 1.42. The van der Waals surface area contributed by atoms with Crippen LogP contribution in [0.5, 0.6) is 0 Å². The molecule has 1 aromatic rings. The molecule has 2 heterocycles. The molecule has 4 heteroatoms. The minimum atomic E-state index is 0.518. The van der Waals surface area contributed by atoms with Gasteiger partial charge in [-0.2, -0.15) is 0 Å². The maximum Gasteiger partial charge on any atom is 0.162 e. The second kappa shape index (κ2) is 5.87. The molecule has 1 unspecified atom stereocenters. The SMILES string of the molecule is CC1=CC2C=C(C=C1)N(c1ncnc(C)c1N=C(C)C)CC2. The molecule has 0 N–H and O–H groups in total. The van der Waals surface area contributed by atoms with E-state index in [2.05, 4.69) is 51.1 Å². The van der Waals surface area contributed by atoms with Crippen LogP contribution in [0.15, 0.2) is 46.9 Å². The summed E-state index contributed by atoms with van der Waals surface area (Å²) in [4.78, 5) is 15.8. The van der Waals surface area contributed by atoms with Crippen LogP contribution in [0.2, 0.25) is 0 Å². The van der Waals surface area contributed by atoms with E-state index in [1.54, 1.807) is 6.33 Å². The number of rotatable bonds is 2. The number of hydrogen-bond acceptors (Lipinski definition) is 4. The Kier molecular flexibility index (Phi) is 3.92. The van der Waals surface area contributed by atoms with E-state index in [9.17, 15) is 0 Å². The predicted molar refractivity (Wildman–Crippen MR) is 91.6 cm³/mol. The van der Waals surface area contributed by atoms with Gasteiger partial charge in [-0.05, 0) is 46.1 Å². The number of fused-ring (bicyclic) bond motifs is 1. The predicted octanol–water partition coefficient (Wildman–Crippen LogP) is 4.12. The molecule has 0 radical (unpaired) electrons. The number of hydrogen-bond donors (Lipinski definition) is 0. The number of nitrogens with zero attached hydrogens (tertiary/aromatic N) is 4. The number of allylic oxidation sites excluding steroid dienone is 5. The van der Waals surface area contributed by atoms with Gasteiger partial charge in [0, 0.05) is 18.0 Å². The highest BCUT2D eigenvalue weighted by Crippen LogP contribution is 2.35. The molecular formula is C18H22N4. The Morgan fingerprint density at radius 1 is 1.18 bits per heavy atom. The van der Waals surface area contributed by atoms with Gasteiger partial charge in [-0.25, -0.2) is 9.97 Å². The number of anilines is 1. The Balaban J connectivity index is 2.06. The van der Waals surface area contributed by atoms with Crippen molar-refractivity contribution in [3.05, 3.63) is 47.6 Å². The average Bonchev–Trinajstić information content (AvgIpc) is 2.61. The summed E-state index contributed by atoms with van der Waals surface area (Å²) in [5.41, 5.74) is 5.33. The van der Waals surface area contributed by atoms with Gasteiger partial charge >= 0.3 is 0 Å². The van der Waals surface area contributed by atoms with Gasteiger partial charge in [0.2, 0.25) is 0 Å². The van der Waals surface area contributed by atoms with E-state index in [0.717, 1.165) is 35.9 Å². The summed E-state index contributed by atoms with van der Waals surface area (Å²) in [6, 6.07) is 0. The van der Waals surface area contributed by atoms with Crippen molar-refractivity contribution in [2.45, 2.75) is 34.1 Å². The summed E-state index contributed by atoms with van der Waals surface area (Å²) in [5, 5.41) is 0. The van der Waals surface area contributed by atoms with Crippen LogP contribution in [0.4, 0.5) is 11.5 Å². The Hall–Kier alpha value is -2.23. The van der Waals surface area contributed by atoms with E-state index >= 15 is 0 Å². The quantitative estimate of drug-likeness (QED) is 0.770. The molecular weight excluding hydrogens is 272 g/mol. The topological polar surface area (TPSA) is 41.4 Å². The Bertz CT molecular complexity index is 706. The molecule has 0 aromatic carbocycles. The highest BCUT2D eigenvalue weighted by atomic mass is 15.2. The van der Waals surface area contributed by atoms with Crippen molar-refractivity contribution in [1.29, 1.82) is 0 Å². The molecule has 1 aromatic heterocycles. The Morgan fingerprint density at radius 3 is 2.77 bits per heavy atom. The van der Waals surface area contributed by atoms with E-state index in [1.807, 2.05) is 20.8 Å². The van der Waals surface area contributed by atoms with Gasteiger partial charge < -0.3 is 4.90 Å². The lowest BCUT2D eigenvalue weighted by Gasteiger charge is -2.31. The maximum atomic E-state index is 4.66. The number of aromatic nitrogens is 2. The largest absolute Gasteiger partial charge is 0.325 e. The average molecular weight is 294 g/mol. The molecule has 0 saturated heterocycles. The number of aryl methyl sites for hydroxylation is 1.